The van der Waals surface area contributed by atoms with Crippen molar-refractivity contribution in [3.8, 4) is 0 Å². The number of azide groups is 1. The number of carbonyl (C=O) groups excluding carboxylic acids is 1. The number of hydrogen-bond acceptors (Lipinski definition) is 2. The molecule has 0 aliphatic carbocycles. The van der Waals surface area contributed by atoms with Gasteiger partial charge in [0, 0.05) is 24.1 Å². The summed E-state index contributed by atoms with van der Waals surface area (Å²) in [4.78, 5) is 14.0. The minimum absolute atomic E-state index is 0.143. The first-order valence-electron chi connectivity index (χ1n) is 5.35. The number of nitrogens with one attached hydrogen (secondary N) is 1. The van der Waals surface area contributed by atoms with E-state index >= 15 is 0 Å². The fourth-order valence-electron chi connectivity index (χ4n) is 1.32. The largest absolute Gasteiger partial charge is 0.356 e. The Balaban J connectivity index is 2.37. The number of benzene rings is 1. The van der Waals surface area contributed by atoms with E-state index in [0.29, 0.717) is 19.5 Å². The van der Waals surface area contributed by atoms with Gasteiger partial charge in [0.2, 0.25) is 5.91 Å². The van der Waals surface area contributed by atoms with Gasteiger partial charge in [-0.1, -0.05) is 11.2 Å². The molecule has 0 atom stereocenters. The maximum atomic E-state index is 13.2. The second-order valence-electron chi connectivity index (χ2n) is 3.57. The van der Waals surface area contributed by atoms with E-state index in [9.17, 15) is 13.6 Å². The molecule has 1 N–H and O–H groups in total. The van der Waals surface area contributed by atoms with Crippen molar-refractivity contribution in [1.82, 2.24) is 5.32 Å². The standard InChI is InChI=1S/C11H12F2N4O/c12-9-3-2-8(10(13)7-9)6-11(18)15-4-1-5-16-17-14/h2-3,7H,1,4-6H2,(H,15,18). The average molecular weight is 254 g/mol. The second-order valence-corrected chi connectivity index (χ2v) is 3.57. The molecule has 7 heteroatoms. The van der Waals surface area contributed by atoms with Crippen LogP contribution in [-0.4, -0.2) is 19.0 Å². The van der Waals surface area contributed by atoms with Gasteiger partial charge in [-0.2, -0.15) is 0 Å². The lowest BCUT2D eigenvalue weighted by atomic mass is 10.1. The predicted octanol–water partition coefficient (Wildman–Crippen LogP) is 2.32. The Bertz CT molecular complexity index is 472. The molecule has 18 heavy (non-hydrogen) atoms. The van der Waals surface area contributed by atoms with E-state index in [-0.39, 0.29) is 17.9 Å². The summed E-state index contributed by atoms with van der Waals surface area (Å²) in [5.74, 6) is -1.77. The van der Waals surface area contributed by atoms with Gasteiger partial charge in [0.1, 0.15) is 11.6 Å². The number of rotatable bonds is 6. The summed E-state index contributed by atoms with van der Waals surface area (Å²) >= 11 is 0. The van der Waals surface area contributed by atoms with E-state index in [2.05, 4.69) is 15.3 Å². The number of carbonyl (C=O) groups is 1. The molecule has 0 aliphatic heterocycles. The Morgan fingerprint density at radius 3 is 2.89 bits per heavy atom. The molecule has 1 aromatic carbocycles. The van der Waals surface area contributed by atoms with Crippen molar-refractivity contribution in [1.29, 1.82) is 0 Å². The first kappa shape index (κ1) is 13.9. The van der Waals surface area contributed by atoms with Gasteiger partial charge < -0.3 is 5.32 Å². The number of nitrogens with zero attached hydrogens (tertiary/aromatic N) is 3. The summed E-state index contributed by atoms with van der Waals surface area (Å²) < 4.78 is 25.9. The third-order valence-corrected chi connectivity index (χ3v) is 2.19. The minimum atomic E-state index is -0.737. The molecule has 0 aliphatic rings. The van der Waals surface area contributed by atoms with Gasteiger partial charge in [-0.15, -0.1) is 0 Å². The lowest BCUT2D eigenvalue weighted by Crippen LogP contribution is -2.26. The van der Waals surface area contributed by atoms with Crippen molar-refractivity contribution >= 4 is 5.91 Å². The van der Waals surface area contributed by atoms with Crippen LogP contribution in [0.5, 0.6) is 0 Å². The Morgan fingerprint density at radius 2 is 2.22 bits per heavy atom. The Hall–Kier alpha value is -2.14. The highest BCUT2D eigenvalue weighted by Crippen LogP contribution is 2.09. The Kier molecular flexibility index (Phi) is 5.60. The summed E-state index contributed by atoms with van der Waals surface area (Å²) in [6, 6.07) is 3.09. The van der Waals surface area contributed by atoms with Crippen LogP contribution >= 0.6 is 0 Å². The van der Waals surface area contributed by atoms with Crippen molar-refractivity contribution in [2.75, 3.05) is 13.1 Å². The van der Waals surface area contributed by atoms with Gasteiger partial charge in [-0.05, 0) is 23.6 Å². The van der Waals surface area contributed by atoms with Crippen molar-refractivity contribution in [3.63, 3.8) is 0 Å². The van der Waals surface area contributed by atoms with Crippen LogP contribution in [0.25, 0.3) is 10.4 Å². The SMILES string of the molecule is [N-]=[N+]=NCCCNC(=O)Cc1ccc(F)cc1F. The molecule has 1 amide bonds. The zero-order valence-corrected chi connectivity index (χ0v) is 9.57. The van der Waals surface area contributed by atoms with E-state index < -0.39 is 11.6 Å². The topological polar surface area (TPSA) is 77.9 Å². The van der Waals surface area contributed by atoms with Gasteiger partial charge >= 0.3 is 0 Å². The smallest absolute Gasteiger partial charge is 0.224 e. The molecule has 0 bridgehead atoms. The van der Waals surface area contributed by atoms with Crippen LogP contribution in [0.4, 0.5) is 8.78 Å². The normalized spacial score (nSPS) is 9.67. The van der Waals surface area contributed by atoms with Gasteiger partial charge in [-0.25, -0.2) is 8.78 Å². The lowest BCUT2D eigenvalue weighted by molar-refractivity contribution is -0.120. The fourth-order valence-corrected chi connectivity index (χ4v) is 1.32. The highest BCUT2D eigenvalue weighted by atomic mass is 19.1. The monoisotopic (exact) mass is 254 g/mol. The second kappa shape index (κ2) is 7.24. The predicted molar refractivity (Wildman–Crippen MR) is 61.7 cm³/mol. The summed E-state index contributed by atoms with van der Waals surface area (Å²) in [7, 11) is 0. The summed E-state index contributed by atoms with van der Waals surface area (Å²) in [6.45, 7) is 0.641. The van der Waals surface area contributed by atoms with E-state index in [1.54, 1.807) is 0 Å². The van der Waals surface area contributed by atoms with E-state index in [0.717, 1.165) is 12.1 Å². The first-order valence-corrected chi connectivity index (χ1v) is 5.35. The van der Waals surface area contributed by atoms with E-state index in [1.807, 2.05) is 0 Å². The molecule has 0 radical (unpaired) electrons. The molecule has 0 fully saturated rings. The quantitative estimate of drug-likeness (QED) is 0.359. The third-order valence-electron chi connectivity index (χ3n) is 2.19. The van der Waals surface area contributed by atoms with Crippen LogP contribution in [0, 0.1) is 11.6 Å². The van der Waals surface area contributed by atoms with Crippen LogP contribution in [0.3, 0.4) is 0 Å². The van der Waals surface area contributed by atoms with E-state index in [1.165, 1.54) is 6.07 Å². The fraction of sp³-hybridized carbons (Fsp3) is 0.364. The minimum Gasteiger partial charge on any atom is -0.356 e. The highest BCUT2D eigenvalue weighted by molar-refractivity contribution is 5.78. The van der Waals surface area contributed by atoms with Crippen molar-refractivity contribution < 1.29 is 13.6 Å². The van der Waals surface area contributed by atoms with Gasteiger partial charge in [0.15, 0.2) is 0 Å². The Morgan fingerprint density at radius 1 is 1.44 bits per heavy atom. The number of halogens is 2. The average Bonchev–Trinajstić information content (AvgIpc) is 2.32. The Labute approximate surface area is 102 Å². The van der Waals surface area contributed by atoms with Crippen LogP contribution in [0.2, 0.25) is 0 Å². The molecule has 5 nitrogen and oxygen atoms in total. The molecule has 0 saturated carbocycles. The molecule has 0 aromatic heterocycles. The molecule has 1 aromatic rings. The molecule has 1 rings (SSSR count). The molecular weight excluding hydrogens is 242 g/mol. The van der Waals surface area contributed by atoms with Crippen LogP contribution in [0.15, 0.2) is 23.3 Å². The molecule has 0 spiro atoms. The van der Waals surface area contributed by atoms with Crippen LogP contribution in [0.1, 0.15) is 12.0 Å². The lowest BCUT2D eigenvalue weighted by Gasteiger charge is -2.05. The van der Waals surface area contributed by atoms with Crippen molar-refractivity contribution in [3.05, 3.63) is 45.8 Å². The molecular formula is C11H12F2N4O. The molecule has 96 valence electrons. The number of hydrogen-bond donors (Lipinski definition) is 1. The molecule has 0 saturated heterocycles. The zero-order chi connectivity index (χ0) is 13.4. The van der Waals surface area contributed by atoms with Crippen LogP contribution in [-0.2, 0) is 11.2 Å². The summed E-state index contributed by atoms with van der Waals surface area (Å²) in [5, 5.41) is 5.85. The van der Waals surface area contributed by atoms with Gasteiger partial charge in [0.05, 0.1) is 6.42 Å². The molecule has 0 heterocycles. The molecule has 0 unspecified atom stereocenters. The maximum Gasteiger partial charge on any atom is 0.224 e. The van der Waals surface area contributed by atoms with Crippen LogP contribution < -0.4 is 5.32 Å². The van der Waals surface area contributed by atoms with Gasteiger partial charge in [-0.3, -0.25) is 4.79 Å². The van der Waals surface area contributed by atoms with Crippen molar-refractivity contribution in [2.24, 2.45) is 5.11 Å². The zero-order valence-electron chi connectivity index (χ0n) is 9.57. The van der Waals surface area contributed by atoms with Gasteiger partial charge in [0.25, 0.3) is 0 Å². The third kappa shape index (κ3) is 4.80. The van der Waals surface area contributed by atoms with E-state index in [4.69, 9.17) is 5.53 Å². The first-order chi connectivity index (χ1) is 8.63. The highest BCUT2D eigenvalue weighted by Gasteiger charge is 2.08. The summed E-state index contributed by atoms with van der Waals surface area (Å²) in [5.41, 5.74) is 8.16. The number of amides is 1. The summed E-state index contributed by atoms with van der Waals surface area (Å²) in [6.07, 6.45) is 0.370. The van der Waals surface area contributed by atoms with Crippen molar-refractivity contribution in [2.45, 2.75) is 12.8 Å². The maximum absolute atomic E-state index is 13.2.